The van der Waals surface area contributed by atoms with Gasteiger partial charge in [-0.15, -0.1) is 11.3 Å². The predicted molar refractivity (Wildman–Crippen MR) is 91.2 cm³/mol. The fourth-order valence-corrected chi connectivity index (χ4v) is 3.64. The van der Waals surface area contributed by atoms with Crippen LogP contribution in [0.2, 0.25) is 0 Å². The molecule has 4 rings (SSSR count). The first-order valence-electron chi connectivity index (χ1n) is 7.21. The molecule has 0 N–H and O–H groups in total. The molecule has 0 fully saturated rings. The Morgan fingerprint density at radius 1 is 0.773 bits per heavy atom. The number of benzene rings is 1. The van der Waals surface area contributed by atoms with E-state index in [0.717, 1.165) is 11.4 Å². The van der Waals surface area contributed by atoms with Gasteiger partial charge in [-0.2, -0.15) is 0 Å². The maximum Gasteiger partial charge on any atom is 0.0785 e. The Kier molecular flexibility index (Phi) is 3.41. The molecule has 0 saturated carbocycles. The van der Waals surface area contributed by atoms with Gasteiger partial charge < -0.3 is 0 Å². The summed E-state index contributed by atoms with van der Waals surface area (Å²) in [6.07, 6.45) is 3.74. The number of rotatable bonds is 3. The van der Waals surface area contributed by atoms with Crippen molar-refractivity contribution in [3.05, 3.63) is 94.7 Å². The zero-order chi connectivity index (χ0) is 14.8. The highest BCUT2D eigenvalue weighted by molar-refractivity contribution is 7.10. The van der Waals surface area contributed by atoms with E-state index >= 15 is 0 Å². The fourth-order valence-electron chi connectivity index (χ4n) is 2.80. The van der Waals surface area contributed by atoms with Crippen LogP contribution in [0.1, 0.15) is 22.2 Å². The van der Waals surface area contributed by atoms with Gasteiger partial charge in [0.15, 0.2) is 0 Å². The number of aromatic nitrogens is 2. The van der Waals surface area contributed by atoms with E-state index in [1.54, 1.807) is 11.3 Å². The van der Waals surface area contributed by atoms with Crippen molar-refractivity contribution in [1.82, 2.24) is 9.97 Å². The first-order chi connectivity index (χ1) is 10.9. The van der Waals surface area contributed by atoms with Crippen LogP contribution in [-0.2, 0) is 0 Å². The molecule has 106 valence electrons. The number of fused-ring (bicyclic) bond motifs is 1. The molecule has 0 spiro atoms. The number of nitrogens with zero attached hydrogens (tertiary/aromatic N) is 2. The van der Waals surface area contributed by atoms with Crippen LogP contribution in [0.4, 0.5) is 0 Å². The maximum absolute atomic E-state index is 4.71. The summed E-state index contributed by atoms with van der Waals surface area (Å²) in [4.78, 5) is 10.6. The van der Waals surface area contributed by atoms with Gasteiger partial charge in [0.05, 0.1) is 17.3 Å². The summed E-state index contributed by atoms with van der Waals surface area (Å²) < 4.78 is 0. The van der Waals surface area contributed by atoms with Gasteiger partial charge >= 0.3 is 0 Å². The lowest BCUT2D eigenvalue weighted by Crippen LogP contribution is -2.06. The highest BCUT2D eigenvalue weighted by Crippen LogP contribution is 2.35. The third-order valence-corrected chi connectivity index (χ3v) is 4.73. The molecule has 0 bridgehead atoms. The fraction of sp³-hybridized carbons (Fsp3) is 0.0526. The molecule has 1 unspecified atom stereocenters. The Balaban J connectivity index is 1.98. The molecule has 2 nitrogen and oxygen atoms in total. The molecule has 22 heavy (non-hydrogen) atoms. The summed E-state index contributed by atoms with van der Waals surface area (Å²) in [5, 5.41) is 4.51. The average molecular weight is 302 g/mol. The maximum atomic E-state index is 4.71. The monoisotopic (exact) mass is 302 g/mol. The summed E-state index contributed by atoms with van der Waals surface area (Å²) in [6, 6.07) is 20.8. The Morgan fingerprint density at radius 2 is 1.68 bits per heavy atom. The Labute approximate surface area is 133 Å². The molecular formula is C19H14N2S. The quantitative estimate of drug-likeness (QED) is 0.539. The summed E-state index contributed by atoms with van der Waals surface area (Å²) in [7, 11) is 0. The minimum atomic E-state index is 0.0762. The van der Waals surface area contributed by atoms with Crippen LogP contribution in [0.15, 0.2) is 78.4 Å². The largest absolute Gasteiger partial charge is 0.260 e. The van der Waals surface area contributed by atoms with Crippen LogP contribution in [0, 0.1) is 0 Å². The van der Waals surface area contributed by atoms with E-state index in [1.165, 1.54) is 15.6 Å². The first kappa shape index (κ1) is 13.2. The number of hydrogen-bond acceptors (Lipinski definition) is 3. The van der Waals surface area contributed by atoms with Crippen molar-refractivity contribution < 1.29 is 0 Å². The average Bonchev–Trinajstić information content (AvgIpc) is 3.11. The van der Waals surface area contributed by atoms with E-state index in [-0.39, 0.29) is 5.92 Å². The van der Waals surface area contributed by atoms with Crippen molar-refractivity contribution in [1.29, 1.82) is 0 Å². The standard InChI is InChI=1S/C19H14N2S/c1-2-7-15-14(6-1)10-12-21-19(15)18(17-9-5-13-22-17)16-8-3-4-11-20-16/h1-13,18H. The van der Waals surface area contributed by atoms with E-state index < -0.39 is 0 Å². The zero-order valence-corrected chi connectivity index (χ0v) is 12.7. The molecular weight excluding hydrogens is 288 g/mol. The van der Waals surface area contributed by atoms with Crippen molar-refractivity contribution in [2.45, 2.75) is 5.92 Å². The van der Waals surface area contributed by atoms with Gasteiger partial charge in [0.1, 0.15) is 0 Å². The lowest BCUT2D eigenvalue weighted by molar-refractivity contribution is 0.904. The second-order valence-electron chi connectivity index (χ2n) is 5.12. The van der Waals surface area contributed by atoms with Crippen molar-refractivity contribution in [3.63, 3.8) is 0 Å². The van der Waals surface area contributed by atoms with E-state index in [1.807, 2.05) is 24.5 Å². The summed E-state index contributed by atoms with van der Waals surface area (Å²) >= 11 is 1.75. The van der Waals surface area contributed by atoms with Crippen LogP contribution in [0.3, 0.4) is 0 Å². The van der Waals surface area contributed by atoms with Gasteiger partial charge in [-0.1, -0.05) is 36.4 Å². The Hall–Kier alpha value is -2.52. The minimum absolute atomic E-state index is 0.0762. The Bertz CT molecular complexity index is 880. The van der Waals surface area contributed by atoms with Crippen LogP contribution in [-0.4, -0.2) is 9.97 Å². The third-order valence-electron chi connectivity index (χ3n) is 3.79. The van der Waals surface area contributed by atoms with Crippen molar-refractivity contribution >= 4 is 22.1 Å². The highest BCUT2D eigenvalue weighted by Gasteiger charge is 2.22. The van der Waals surface area contributed by atoms with Crippen LogP contribution < -0.4 is 0 Å². The minimum Gasteiger partial charge on any atom is -0.260 e. The molecule has 3 aromatic heterocycles. The molecule has 0 amide bonds. The predicted octanol–water partition coefficient (Wildman–Crippen LogP) is 4.87. The molecule has 0 radical (unpaired) electrons. The molecule has 0 saturated heterocycles. The van der Waals surface area contributed by atoms with E-state index in [4.69, 9.17) is 4.98 Å². The number of pyridine rings is 2. The van der Waals surface area contributed by atoms with Crippen molar-refractivity contribution in [3.8, 4) is 0 Å². The van der Waals surface area contributed by atoms with Gasteiger partial charge in [-0.3, -0.25) is 9.97 Å². The van der Waals surface area contributed by atoms with Crippen molar-refractivity contribution in [2.24, 2.45) is 0 Å². The molecule has 3 heterocycles. The second-order valence-corrected chi connectivity index (χ2v) is 6.10. The number of hydrogen-bond donors (Lipinski definition) is 0. The normalized spacial score (nSPS) is 12.4. The Morgan fingerprint density at radius 3 is 2.50 bits per heavy atom. The van der Waals surface area contributed by atoms with Crippen molar-refractivity contribution in [2.75, 3.05) is 0 Å². The highest BCUT2D eigenvalue weighted by atomic mass is 32.1. The smallest absolute Gasteiger partial charge is 0.0785 e. The molecule has 1 aromatic carbocycles. The van der Waals surface area contributed by atoms with Gasteiger partial charge in [-0.05, 0) is 35.0 Å². The second kappa shape index (κ2) is 5.70. The molecule has 4 aromatic rings. The van der Waals surface area contributed by atoms with Crippen LogP contribution in [0.5, 0.6) is 0 Å². The SMILES string of the molecule is c1ccc(C(c2cccs2)c2nccc3ccccc23)nc1. The van der Waals surface area contributed by atoms with Crippen LogP contribution >= 0.6 is 11.3 Å². The van der Waals surface area contributed by atoms with E-state index in [2.05, 4.69) is 58.9 Å². The zero-order valence-electron chi connectivity index (χ0n) is 11.9. The lowest BCUT2D eigenvalue weighted by atomic mass is 9.94. The van der Waals surface area contributed by atoms with Gasteiger partial charge in [0, 0.05) is 22.7 Å². The van der Waals surface area contributed by atoms with Gasteiger partial charge in [0.2, 0.25) is 0 Å². The van der Waals surface area contributed by atoms with E-state index in [9.17, 15) is 0 Å². The molecule has 1 atom stereocenters. The topological polar surface area (TPSA) is 25.8 Å². The van der Waals surface area contributed by atoms with Gasteiger partial charge in [-0.25, -0.2) is 0 Å². The number of thiophene rings is 1. The van der Waals surface area contributed by atoms with Gasteiger partial charge in [0.25, 0.3) is 0 Å². The first-order valence-corrected chi connectivity index (χ1v) is 8.09. The lowest BCUT2D eigenvalue weighted by Gasteiger charge is -2.16. The summed E-state index contributed by atoms with van der Waals surface area (Å²) in [5.74, 6) is 0.0762. The molecule has 3 heteroatoms. The molecule has 0 aliphatic heterocycles. The van der Waals surface area contributed by atoms with Crippen LogP contribution in [0.25, 0.3) is 10.8 Å². The molecule has 0 aliphatic rings. The third kappa shape index (κ3) is 2.30. The molecule has 0 aliphatic carbocycles. The summed E-state index contributed by atoms with van der Waals surface area (Å²) in [5.41, 5.74) is 2.10. The van der Waals surface area contributed by atoms with E-state index in [0.29, 0.717) is 0 Å². The summed E-state index contributed by atoms with van der Waals surface area (Å²) in [6.45, 7) is 0.